The second kappa shape index (κ2) is 10.9. The summed E-state index contributed by atoms with van der Waals surface area (Å²) in [5.74, 6) is 1.06. The maximum absolute atomic E-state index is 11.4. The summed E-state index contributed by atoms with van der Waals surface area (Å²) in [6.07, 6.45) is 7.00. The van der Waals surface area contributed by atoms with Crippen LogP contribution in [0.2, 0.25) is 0 Å². The van der Waals surface area contributed by atoms with Crippen LogP contribution < -0.4 is 9.80 Å². The fraction of sp³-hybridized carbons (Fsp3) is 0.571. The number of ether oxygens (including phenoxy) is 3. The van der Waals surface area contributed by atoms with Gasteiger partial charge in [0.25, 0.3) is 0 Å². The predicted molar refractivity (Wildman–Crippen MR) is 148 cm³/mol. The van der Waals surface area contributed by atoms with E-state index in [2.05, 4.69) is 9.58 Å². The van der Waals surface area contributed by atoms with Crippen molar-refractivity contribution in [3.05, 3.63) is 30.5 Å². The quantitative estimate of drug-likeness (QED) is 0.495. The first-order valence-electron chi connectivity index (χ1n) is 13.9. The lowest BCUT2D eigenvalue weighted by molar-refractivity contribution is -0.181. The number of aliphatic hydroxyl groups is 1. The summed E-state index contributed by atoms with van der Waals surface area (Å²) in [6, 6.07) is 7.52. The Morgan fingerprint density at radius 2 is 1.65 bits per heavy atom. The van der Waals surface area contributed by atoms with Gasteiger partial charge in [0.05, 0.1) is 43.0 Å². The van der Waals surface area contributed by atoms with Gasteiger partial charge in [0.15, 0.2) is 17.3 Å². The molecule has 1 aromatic carbocycles. The molecule has 214 valence electrons. The molecule has 3 saturated heterocycles. The molecule has 1 spiro atoms. The molecule has 4 aliphatic rings. The minimum Gasteiger partial charge on any atom is -0.465 e. The predicted octanol–water partition coefficient (Wildman–Crippen LogP) is 3.44. The maximum atomic E-state index is 11.4. The molecule has 2 atom stereocenters. The van der Waals surface area contributed by atoms with E-state index in [0.29, 0.717) is 24.7 Å². The molecule has 5 heterocycles. The third kappa shape index (κ3) is 4.89. The first-order chi connectivity index (χ1) is 19.5. The average Bonchev–Trinajstić information content (AvgIpc) is 3.72. The fourth-order valence-corrected chi connectivity index (χ4v) is 6.35. The molecule has 1 amide bonds. The van der Waals surface area contributed by atoms with Crippen molar-refractivity contribution in [1.29, 1.82) is 0 Å². The Balaban J connectivity index is 0.00000142. The zero-order chi connectivity index (χ0) is 27.9. The van der Waals surface area contributed by atoms with Gasteiger partial charge in [-0.1, -0.05) is 0 Å². The van der Waals surface area contributed by atoms with Gasteiger partial charge in [-0.05, 0) is 49.9 Å². The molecule has 3 aromatic rings. The van der Waals surface area contributed by atoms with Crippen molar-refractivity contribution in [3.63, 3.8) is 0 Å². The van der Waals surface area contributed by atoms with Crippen molar-refractivity contribution in [2.75, 3.05) is 50.3 Å². The summed E-state index contributed by atoms with van der Waals surface area (Å²) in [4.78, 5) is 25.0. The lowest BCUT2D eigenvalue weighted by Gasteiger charge is -2.35. The molecule has 40 heavy (non-hydrogen) atoms. The maximum Gasteiger partial charge on any atom is 0.411 e. The zero-order valence-corrected chi connectivity index (χ0v) is 22.9. The van der Waals surface area contributed by atoms with E-state index in [1.54, 1.807) is 12.1 Å². The smallest absolute Gasteiger partial charge is 0.411 e. The molecular formula is C28H36N6O6. The van der Waals surface area contributed by atoms with E-state index in [0.717, 1.165) is 81.1 Å². The fourth-order valence-electron chi connectivity index (χ4n) is 6.35. The molecule has 0 radical (unpaired) electrons. The lowest BCUT2D eigenvalue weighted by atomic mass is 9.90. The number of carboxylic acid groups (broad SMARTS) is 1. The minimum atomic E-state index is -1.01. The topological polar surface area (TPSA) is 135 Å². The molecule has 1 aliphatic carbocycles. The number of carbonyl (C=O) groups is 1. The van der Waals surface area contributed by atoms with Gasteiger partial charge in [-0.3, -0.25) is 4.90 Å². The van der Waals surface area contributed by atoms with Gasteiger partial charge in [0.1, 0.15) is 5.82 Å². The summed E-state index contributed by atoms with van der Waals surface area (Å²) in [6.45, 7) is 2.93. The third-order valence-electron chi connectivity index (χ3n) is 8.45. The molecule has 1 saturated carbocycles. The number of amides is 1. The van der Waals surface area contributed by atoms with Crippen LogP contribution in [0.5, 0.6) is 0 Å². The number of benzene rings is 1. The highest BCUT2D eigenvalue weighted by atomic mass is 16.7. The number of hydrogen-bond acceptors (Lipinski definition) is 9. The second-order valence-corrected chi connectivity index (χ2v) is 10.8. The van der Waals surface area contributed by atoms with Crippen molar-refractivity contribution in [2.45, 2.75) is 62.6 Å². The van der Waals surface area contributed by atoms with Crippen LogP contribution in [0.3, 0.4) is 0 Å². The van der Waals surface area contributed by atoms with Gasteiger partial charge in [-0.2, -0.15) is 5.10 Å². The Labute approximate surface area is 232 Å². The third-order valence-corrected chi connectivity index (χ3v) is 8.45. The monoisotopic (exact) mass is 552 g/mol. The van der Waals surface area contributed by atoms with Gasteiger partial charge in [0, 0.05) is 51.3 Å². The standard InChI is InChI=1S/C27H32N6O5.CH4O/c1-31(26(34)35)18-4-2-17(3-5-18)23-29-24(32-15-20-6-7-21(16-32)38-20)22-14-28-33(25(22)30-23)19-8-10-27(11-9-19)36-12-13-37-27;1-2/h2-5,14,19-21H,6-13,15-16H2,1H3,(H,34,35);2H,1H3. The van der Waals surface area contributed by atoms with Crippen molar-refractivity contribution >= 4 is 28.6 Å². The first kappa shape index (κ1) is 26.9. The van der Waals surface area contributed by atoms with E-state index in [4.69, 9.17) is 34.4 Å². The Morgan fingerprint density at radius 3 is 2.27 bits per heavy atom. The second-order valence-electron chi connectivity index (χ2n) is 10.8. The molecule has 12 heteroatoms. The number of hydrogen-bond donors (Lipinski definition) is 2. The first-order valence-corrected chi connectivity index (χ1v) is 13.9. The van der Waals surface area contributed by atoms with Gasteiger partial charge in [0.2, 0.25) is 0 Å². The molecule has 2 N–H and O–H groups in total. The molecule has 2 unspecified atom stereocenters. The number of fused-ring (bicyclic) bond motifs is 3. The normalized spacial score (nSPS) is 23.8. The van der Waals surface area contributed by atoms with E-state index in [-0.39, 0.29) is 18.2 Å². The van der Waals surface area contributed by atoms with Crippen LogP contribution in [0, 0.1) is 0 Å². The number of aromatic nitrogens is 4. The molecule has 2 aromatic heterocycles. The molecule has 12 nitrogen and oxygen atoms in total. The Morgan fingerprint density at radius 1 is 1.00 bits per heavy atom. The number of aliphatic hydroxyl groups excluding tert-OH is 1. The summed E-state index contributed by atoms with van der Waals surface area (Å²) < 4.78 is 20.0. The minimum absolute atomic E-state index is 0.203. The Kier molecular flexibility index (Phi) is 7.34. The average molecular weight is 553 g/mol. The summed E-state index contributed by atoms with van der Waals surface area (Å²) >= 11 is 0. The summed E-state index contributed by atoms with van der Waals surface area (Å²) in [7, 11) is 2.53. The van der Waals surface area contributed by atoms with Crippen LogP contribution >= 0.6 is 0 Å². The van der Waals surface area contributed by atoms with E-state index in [9.17, 15) is 9.90 Å². The number of morpholine rings is 1. The van der Waals surface area contributed by atoms with E-state index >= 15 is 0 Å². The number of anilines is 2. The summed E-state index contributed by atoms with van der Waals surface area (Å²) in [5.41, 5.74) is 2.24. The van der Waals surface area contributed by atoms with Crippen molar-refractivity contribution in [2.24, 2.45) is 0 Å². The van der Waals surface area contributed by atoms with Crippen molar-refractivity contribution in [1.82, 2.24) is 19.7 Å². The van der Waals surface area contributed by atoms with Crippen LogP contribution in [0.15, 0.2) is 30.5 Å². The largest absolute Gasteiger partial charge is 0.465 e. The zero-order valence-electron chi connectivity index (χ0n) is 22.9. The van der Waals surface area contributed by atoms with Gasteiger partial charge in [-0.15, -0.1) is 0 Å². The highest BCUT2D eigenvalue weighted by Crippen LogP contribution is 2.42. The van der Waals surface area contributed by atoms with Crippen molar-refractivity contribution < 1.29 is 29.2 Å². The van der Waals surface area contributed by atoms with Crippen LogP contribution in [0.4, 0.5) is 16.3 Å². The highest BCUT2D eigenvalue weighted by Gasteiger charge is 2.41. The molecule has 3 aliphatic heterocycles. The van der Waals surface area contributed by atoms with E-state index in [1.807, 2.05) is 18.3 Å². The van der Waals surface area contributed by atoms with Crippen LogP contribution in [0.25, 0.3) is 22.4 Å². The van der Waals surface area contributed by atoms with Crippen LogP contribution in [0.1, 0.15) is 44.6 Å². The molecule has 4 fully saturated rings. The van der Waals surface area contributed by atoms with E-state index < -0.39 is 11.9 Å². The molecular weight excluding hydrogens is 516 g/mol. The van der Waals surface area contributed by atoms with Gasteiger partial charge in [-0.25, -0.2) is 19.4 Å². The SMILES string of the molecule is CN(C(=O)O)c1ccc(-c2nc(N3CC4CCC(C3)O4)c3cnn(C4CCC5(CC4)OCCO5)c3n2)cc1.CO. The summed E-state index contributed by atoms with van der Waals surface area (Å²) in [5, 5.41) is 22.1. The molecule has 2 bridgehead atoms. The van der Waals surface area contributed by atoms with Gasteiger partial charge < -0.3 is 29.3 Å². The van der Waals surface area contributed by atoms with E-state index in [1.165, 1.54) is 11.9 Å². The van der Waals surface area contributed by atoms with Crippen molar-refractivity contribution in [3.8, 4) is 11.4 Å². The highest BCUT2D eigenvalue weighted by molar-refractivity contribution is 5.89. The number of nitrogens with zero attached hydrogens (tertiary/aromatic N) is 6. The molecule has 7 rings (SSSR count). The van der Waals surface area contributed by atoms with Gasteiger partial charge >= 0.3 is 6.09 Å². The van der Waals surface area contributed by atoms with Crippen LogP contribution in [-0.2, 0) is 14.2 Å². The van der Waals surface area contributed by atoms with Crippen LogP contribution in [-0.4, -0.2) is 94.5 Å². The Hall–Kier alpha value is -3.32. The lowest BCUT2D eigenvalue weighted by Crippen LogP contribution is -2.43. The Bertz CT molecular complexity index is 1340. The number of rotatable bonds is 4.